The number of esters is 1. The van der Waals surface area contributed by atoms with E-state index in [2.05, 4.69) is 17.1 Å². The van der Waals surface area contributed by atoms with Crippen LogP contribution >= 0.6 is 0 Å². The van der Waals surface area contributed by atoms with Gasteiger partial charge in [0.2, 0.25) is 5.91 Å². The van der Waals surface area contributed by atoms with Crippen LogP contribution in [0.4, 0.5) is 0 Å². The van der Waals surface area contributed by atoms with E-state index in [0.29, 0.717) is 39.0 Å². The Morgan fingerprint density at radius 3 is 2.31 bits per heavy atom. The zero-order valence-corrected chi connectivity index (χ0v) is 17.2. The number of nitrogens with zero attached hydrogens (tertiary/aromatic N) is 2. The number of carbonyl (C=O) groups is 2. The molecule has 154 valence electrons. The third kappa shape index (κ3) is 5.66. The SMILES string of the molecule is CCOC(=O)C1(CCc2ccccc2)CCN(C(=O)CCc2ccncc2)CC1. The Bertz CT molecular complexity index is 784. The number of hydrogen-bond donors (Lipinski definition) is 0. The maximum absolute atomic E-state index is 12.8. The molecule has 29 heavy (non-hydrogen) atoms. The van der Waals surface area contributed by atoms with Crippen molar-refractivity contribution in [3.63, 3.8) is 0 Å². The molecule has 3 rings (SSSR count). The fraction of sp³-hybridized carbons (Fsp3) is 0.458. The summed E-state index contributed by atoms with van der Waals surface area (Å²) in [6.07, 6.45) is 7.64. The number of piperidine rings is 1. The molecule has 1 amide bonds. The van der Waals surface area contributed by atoms with Gasteiger partial charge >= 0.3 is 5.97 Å². The third-order valence-electron chi connectivity index (χ3n) is 5.89. The summed E-state index contributed by atoms with van der Waals surface area (Å²) < 4.78 is 5.43. The monoisotopic (exact) mass is 394 g/mol. The lowest BCUT2D eigenvalue weighted by molar-refractivity contribution is -0.160. The van der Waals surface area contributed by atoms with Crippen molar-refractivity contribution < 1.29 is 14.3 Å². The van der Waals surface area contributed by atoms with Crippen LogP contribution in [-0.2, 0) is 27.2 Å². The molecule has 0 saturated carbocycles. The van der Waals surface area contributed by atoms with Gasteiger partial charge in [-0.2, -0.15) is 0 Å². The van der Waals surface area contributed by atoms with Crippen LogP contribution in [0.25, 0.3) is 0 Å². The van der Waals surface area contributed by atoms with Gasteiger partial charge in [-0.1, -0.05) is 30.3 Å². The summed E-state index contributed by atoms with van der Waals surface area (Å²) in [7, 11) is 0. The molecule has 2 heterocycles. The molecule has 5 nitrogen and oxygen atoms in total. The molecule has 0 atom stereocenters. The molecule has 1 aliphatic rings. The quantitative estimate of drug-likeness (QED) is 0.639. The highest BCUT2D eigenvalue weighted by atomic mass is 16.5. The number of ether oxygens (including phenoxy) is 1. The molecule has 0 radical (unpaired) electrons. The Balaban J connectivity index is 1.57. The van der Waals surface area contributed by atoms with Gasteiger partial charge in [-0.25, -0.2) is 0 Å². The maximum atomic E-state index is 12.8. The van der Waals surface area contributed by atoms with E-state index in [-0.39, 0.29) is 11.9 Å². The lowest BCUT2D eigenvalue weighted by atomic mass is 9.74. The van der Waals surface area contributed by atoms with Gasteiger partial charge in [-0.3, -0.25) is 14.6 Å². The molecule has 0 spiro atoms. The second-order valence-corrected chi connectivity index (χ2v) is 7.72. The molecule has 1 saturated heterocycles. The van der Waals surface area contributed by atoms with Crippen LogP contribution in [0.1, 0.15) is 43.7 Å². The Morgan fingerprint density at radius 2 is 1.66 bits per heavy atom. The van der Waals surface area contributed by atoms with Gasteiger partial charge in [0.15, 0.2) is 0 Å². The molecule has 0 aliphatic carbocycles. The van der Waals surface area contributed by atoms with Gasteiger partial charge in [-0.05, 0) is 62.3 Å². The highest BCUT2D eigenvalue weighted by Crippen LogP contribution is 2.38. The van der Waals surface area contributed by atoms with Crippen molar-refractivity contribution in [1.29, 1.82) is 0 Å². The third-order valence-corrected chi connectivity index (χ3v) is 5.89. The van der Waals surface area contributed by atoms with Crippen LogP contribution in [0.15, 0.2) is 54.9 Å². The number of rotatable bonds is 8. The average Bonchev–Trinajstić information content (AvgIpc) is 2.78. The van der Waals surface area contributed by atoms with Crippen LogP contribution in [0, 0.1) is 5.41 Å². The van der Waals surface area contributed by atoms with Crippen LogP contribution in [0.3, 0.4) is 0 Å². The van der Waals surface area contributed by atoms with Gasteiger partial charge in [0, 0.05) is 31.9 Å². The van der Waals surface area contributed by atoms with Crippen molar-refractivity contribution in [2.75, 3.05) is 19.7 Å². The van der Waals surface area contributed by atoms with E-state index < -0.39 is 5.41 Å². The van der Waals surface area contributed by atoms with Crippen molar-refractivity contribution in [1.82, 2.24) is 9.88 Å². The molecule has 2 aromatic rings. The first-order valence-electron chi connectivity index (χ1n) is 10.5. The van der Waals surface area contributed by atoms with E-state index in [1.165, 1.54) is 5.56 Å². The fourth-order valence-corrected chi connectivity index (χ4v) is 4.01. The van der Waals surface area contributed by atoms with Gasteiger partial charge in [-0.15, -0.1) is 0 Å². The largest absolute Gasteiger partial charge is 0.466 e. The highest BCUT2D eigenvalue weighted by Gasteiger charge is 2.43. The topological polar surface area (TPSA) is 59.5 Å². The summed E-state index contributed by atoms with van der Waals surface area (Å²) >= 11 is 0. The van der Waals surface area contributed by atoms with E-state index in [9.17, 15) is 9.59 Å². The molecule has 1 aromatic carbocycles. The fourth-order valence-electron chi connectivity index (χ4n) is 4.01. The minimum absolute atomic E-state index is 0.111. The minimum atomic E-state index is -0.492. The second-order valence-electron chi connectivity index (χ2n) is 7.72. The zero-order chi connectivity index (χ0) is 20.5. The van der Waals surface area contributed by atoms with Crippen molar-refractivity contribution in [2.24, 2.45) is 5.41 Å². The van der Waals surface area contributed by atoms with Crippen molar-refractivity contribution in [3.05, 3.63) is 66.0 Å². The smallest absolute Gasteiger partial charge is 0.312 e. The van der Waals surface area contributed by atoms with E-state index in [4.69, 9.17) is 4.74 Å². The average molecular weight is 395 g/mol. The molecule has 0 bridgehead atoms. The number of pyridine rings is 1. The molecule has 1 fully saturated rings. The Labute approximate surface area is 173 Å². The summed E-state index contributed by atoms with van der Waals surface area (Å²) in [6.45, 7) is 3.46. The first kappa shape index (κ1) is 21.0. The summed E-state index contributed by atoms with van der Waals surface area (Å²) in [5.74, 6) is 0.0437. The Morgan fingerprint density at radius 1 is 1.00 bits per heavy atom. The second kappa shape index (κ2) is 10.2. The highest BCUT2D eigenvalue weighted by molar-refractivity contribution is 5.79. The minimum Gasteiger partial charge on any atom is -0.466 e. The number of carbonyl (C=O) groups excluding carboxylic acids is 2. The molecule has 0 N–H and O–H groups in total. The van der Waals surface area contributed by atoms with E-state index in [1.54, 1.807) is 12.4 Å². The Hall–Kier alpha value is -2.69. The van der Waals surface area contributed by atoms with E-state index >= 15 is 0 Å². The molecule has 0 unspecified atom stereocenters. The summed E-state index contributed by atoms with van der Waals surface area (Å²) in [6, 6.07) is 14.1. The number of hydrogen-bond acceptors (Lipinski definition) is 4. The van der Waals surface area contributed by atoms with E-state index in [0.717, 1.165) is 24.8 Å². The number of aryl methyl sites for hydroxylation is 2. The molecule has 1 aliphatic heterocycles. The van der Waals surface area contributed by atoms with Gasteiger partial charge in [0.1, 0.15) is 0 Å². The summed E-state index contributed by atoms with van der Waals surface area (Å²) in [5, 5.41) is 0. The van der Waals surface area contributed by atoms with Crippen molar-refractivity contribution in [3.8, 4) is 0 Å². The molecule has 5 heteroatoms. The first-order chi connectivity index (χ1) is 14.1. The molecular weight excluding hydrogens is 364 g/mol. The van der Waals surface area contributed by atoms with Gasteiger partial charge < -0.3 is 9.64 Å². The van der Waals surface area contributed by atoms with Crippen LogP contribution in [0.5, 0.6) is 0 Å². The number of likely N-dealkylation sites (tertiary alicyclic amines) is 1. The lowest BCUT2D eigenvalue weighted by Gasteiger charge is -2.40. The molecule has 1 aromatic heterocycles. The summed E-state index contributed by atoms with van der Waals surface area (Å²) in [4.78, 5) is 31.4. The van der Waals surface area contributed by atoms with Crippen molar-refractivity contribution in [2.45, 2.75) is 45.4 Å². The predicted octanol–water partition coefficient (Wildman–Crippen LogP) is 3.82. The van der Waals surface area contributed by atoms with Crippen molar-refractivity contribution >= 4 is 11.9 Å². The predicted molar refractivity (Wildman–Crippen MR) is 112 cm³/mol. The first-order valence-corrected chi connectivity index (χ1v) is 10.5. The van der Waals surface area contributed by atoms with Crippen LogP contribution in [0.2, 0.25) is 0 Å². The zero-order valence-electron chi connectivity index (χ0n) is 17.2. The van der Waals surface area contributed by atoms with Crippen LogP contribution in [-0.4, -0.2) is 41.5 Å². The van der Waals surface area contributed by atoms with E-state index in [1.807, 2.05) is 42.2 Å². The standard InChI is InChI=1S/C24H30N2O3/c1-2-29-23(28)24(13-10-20-6-4-3-5-7-20)14-18-26(19-15-24)22(27)9-8-21-11-16-25-17-12-21/h3-7,11-12,16-17H,2,8-10,13-15,18-19H2,1H3. The normalized spacial score (nSPS) is 15.7. The summed E-state index contributed by atoms with van der Waals surface area (Å²) in [5.41, 5.74) is 1.86. The number of amides is 1. The molecular formula is C24H30N2O3. The van der Waals surface area contributed by atoms with Crippen LogP contribution < -0.4 is 0 Å². The van der Waals surface area contributed by atoms with Gasteiger partial charge in [0.05, 0.1) is 12.0 Å². The maximum Gasteiger partial charge on any atom is 0.312 e. The number of benzene rings is 1. The lowest BCUT2D eigenvalue weighted by Crippen LogP contribution is -2.47. The number of aromatic nitrogens is 1. The Kier molecular flexibility index (Phi) is 7.39. The van der Waals surface area contributed by atoms with Gasteiger partial charge in [0.25, 0.3) is 0 Å².